The Morgan fingerprint density at radius 3 is 3.06 bits per heavy atom. The molecule has 0 aliphatic carbocycles. The lowest BCUT2D eigenvalue weighted by molar-refractivity contribution is -0.0950. The summed E-state index contributed by atoms with van der Waals surface area (Å²) < 4.78 is 9.79. The van der Waals surface area contributed by atoms with Gasteiger partial charge in [-0.25, -0.2) is 4.98 Å². The van der Waals surface area contributed by atoms with Crippen molar-refractivity contribution < 1.29 is 9.84 Å². The average molecular weight is 270 g/mol. The van der Waals surface area contributed by atoms with E-state index in [9.17, 15) is 5.11 Å². The van der Waals surface area contributed by atoms with Crippen molar-refractivity contribution in [2.24, 2.45) is 0 Å². The number of hydrogen-bond donors (Lipinski definition) is 1. The van der Waals surface area contributed by atoms with Crippen molar-refractivity contribution in [3.05, 3.63) is 5.82 Å². The van der Waals surface area contributed by atoms with Gasteiger partial charge in [0, 0.05) is 37.7 Å². The molecule has 1 aromatic heterocycles. The van der Waals surface area contributed by atoms with Gasteiger partial charge in [-0.1, -0.05) is 0 Å². The molecule has 0 saturated carbocycles. The van der Waals surface area contributed by atoms with Crippen molar-refractivity contribution in [1.29, 1.82) is 0 Å². The third kappa shape index (κ3) is 2.01. The lowest BCUT2D eigenvalue weighted by Crippen LogP contribution is -2.69. The average Bonchev–Trinajstić information content (AvgIpc) is 2.85. The number of fused-ring (bicyclic) bond motifs is 1. The Hall–Kier alpha value is -0.760. The number of morpholine rings is 1. The molecule has 1 unspecified atom stereocenters. The van der Waals surface area contributed by atoms with E-state index in [2.05, 4.69) is 19.2 Å². The molecule has 6 nitrogen and oxygen atoms in total. The Kier molecular flexibility index (Phi) is 3.23. The Morgan fingerprint density at radius 1 is 1.44 bits per heavy atom. The fourth-order valence-electron chi connectivity index (χ4n) is 2.71. The van der Waals surface area contributed by atoms with Crippen molar-refractivity contribution in [3.8, 4) is 0 Å². The molecule has 2 aliphatic heterocycles. The Bertz CT molecular complexity index is 427. The van der Waals surface area contributed by atoms with Crippen LogP contribution >= 0.6 is 11.5 Å². The standard InChI is InChI=1S/C11H18N4O2S/c1-9-12-10(18-13-9)14-2-3-15-4-5-17-8-11(15,6-14)7-16/h16H,2-8H2,1H3. The molecule has 1 atom stereocenters. The second kappa shape index (κ2) is 4.73. The number of rotatable bonds is 2. The second-order valence-electron chi connectivity index (χ2n) is 4.97. The summed E-state index contributed by atoms with van der Waals surface area (Å²) in [5, 5.41) is 10.7. The number of ether oxygens (including phenoxy) is 1. The fourth-order valence-corrected chi connectivity index (χ4v) is 3.41. The van der Waals surface area contributed by atoms with Crippen LogP contribution in [0.15, 0.2) is 0 Å². The Labute approximate surface area is 110 Å². The minimum atomic E-state index is -0.268. The molecule has 0 amide bonds. The lowest BCUT2D eigenvalue weighted by Gasteiger charge is -2.51. The summed E-state index contributed by atoms with van der Waals surface area (Å²) in [7, 11) is 0. The molecule has 18 heavy (non-hydrogen) atoms. The number of piperazine rings is 1. The summed E-state index contributed by atoms with van der Waals surface area (Å²) in [6, 6.07) is 0. The van der Waals surface area contributed by atoms with Gasteiger partial charge in [0.25, 0.3) is 0 Å². The molecule has 2 saturated heterocycles. The minimum Gasteiger partial charge on any atom is -0.394 e. The van der Waals surface area contributed by atoms with Crippen LogP contribution in [0.5, 0.6) is 0 Å². The monoisotopic (exact) mass is 270 g/mol. The largest absolute Gasteiger partial charge is 0.394 e. The quantitative estimate of drug-likeness (QED) is 0.798. The first-order valence-electron chi connectivity index (χ1n) is 6.22. The number of aliphatic hydroxyl groups is 1. The third-order valence-corrected chi connectivity index (χ3v) is 4.62. The number of hydrogen-bond acceptors (Lipinski definition) is 7. The van der Waals surface area contributed by atoms with Gasteiger partial charge in [0.2, 0.25) is 5.13 Å². The molecule has 0 aromatic carbocycles. The van der Waals surface area contributed by atoms with E-state index in [0.29, 0.717) is 6.61 Å². The molecule has 0 bridgehead atoms. The molecule has 100 valence electrons. The van der Waals surface area contributed by atoms with E-state index in [1.807, 2.05) is 6.92 Å². The van der Waals surface area contributed by atoms with E-state index in [4.69, 9.17) is 4.74 Å². The summed E-state index contributed by atoms with van der Waals surface area (Å²) in [4.78, 5) is 8.99. The highest BCUT2D eigenvalue weighted by molar-refractivity contribution is 7.09. The zero-order valence-electron chi connectivity index (χ0n) is 10.5. The van der Waals surface area contributed by atoms with Crippen LogP contribution in [0.2, 0.25) is 0 Å². The van der Waals surface area contributed by atoms with Crippen molar-refractivity contribution in [2.45, 2.75) is 12.5 Å². The molecule has 2 aliphatic rings. The minimum absolute atomic E-state index is 0.126. The van der Waals surface area contributed by atoms with Crippen LogP contribution in [0.1, 0.15) is 5.82 Å². The molecule has 3 heterocycles. The van der Waals surface area contributed by atoms with E-state index in [0.717, 1.165) is 43.7 Å². The van der Waals surface area contributed by atoms with Crippen LogP contribution in [0.3, 0.4) is 0 Å². The van der Waals surface area contributed by atoms with Crippen LogP contribution in [0.25, 0.3) is 0 Å². The molecule has 1 N–H and O–H groups in total. The molecule has 2 fully saturated rings. The van der Waals surface area contributed by atoms with E-state index in [-0.39, 0.29) is 12.1 Å². The number of nitrogens with zero attached hydrogens (tertiary/aromatic N) is 4. The highest BCUT2D eigenvalue weighted by Gasteiger charge is 2.44. The van der Waals surface area contributed by atoms with Gasteiger partial charge in [-0.05, 0) is 6.92 Å². The first-order chi connectivity index (χ1) is 8.73. The van der Waals surface area contributed by atoms with Crippen molar-refractivity contribution in [3.63, 3.8) is 0 Å². The van der Waals surface area contributed by atoms with E-state index in [1.165, 1.54) is 11.5 Å². The highest BCUT2D eigenvalue weighted by atomic mass is 32.1. The maximum Gasteiger partial charge on any atom is 0.205 e. The molecule has 0 spiro atoms. The topological polar surface area (TPSA) is 61.7 Å². The summed E-state index contributed by atoms with van der Waals surface area (Å²) in [5.41, 5.74) is -0.268. The number of anilines is 1. The predicted octanol–water partition coefficient (Wildman–Crippen LogP) is -0.270. The van der Waals surface area contributed by atoms with Crippen LogP contribution in [-0.4, -0.2) is 70.9 Å². The molecular formula is C11H18N4O2S. The summed E-state index contributed by atoms with van der Waals surface area (Å²) in [6.45, 7) is 6.95. The van der Waals surface area contributed by atoms with Gasteiger partial charge < -0.3 is 14.7 Å². The fraction of sp³-hybridized carbons (Fsp3) is 0.818. The molecule has 1 aromatic rings. The summed E-state index contributed by atoms with van der Waals surface area (Å²) >= 11 is 1.43. The molecule has 7 heteroatoms. The first kappa shape index (κ1) is 12.3. The van der Waals surface area contributed by atoms with Gasteiger partial charge in [-0.15, -0.1) is 0 Å². The van der Waals surface area contributed by atoms with Gasteiger partial charge in [0.05, 0.1) is 25.4 Å². The SMILES string of the molecule is Cc1nsc(N2CCN3CCOCC3(CO)C2)n1. The maximum absolute atomic E-state index is 9.77. The molecular weight excluding hydrogens is 252 g/mol. The van der Waals surface area contributed by atoms with Crippen LogP contribution in [0, 0.1) is 6.92 Å². The van der Waals surface area contributed by atoms with Crippen LogP contribution < -0.4 is 4.90 Å². The van der Waals surface area contributed by atoms with Gasteiger partial charge >= 0.3 is 0 Å². The van der Waals surface area contributed by atoms with Gasteiger partial charge in [0.1, 0.15) is 5.82 Å². The maximum atomic E-state index is 9.77. The lowest BCUT2D eigenvalue weighted by atomic mass is 9.94. The third-order valence-electron chi connectivity index (χ3n) is 3.75. The van der Waals surface area contributed by atoms with Gasteiger partial charge in [0.15, 0.2) is 0 Å². The van der Waals surface area contributed by atoms with Gasteiger partial charge in [-0.3, -0.25) is 4.90 Å². The van der Waals surface area contributed by atoms with Gasteiger partial charge in [-0.2, -0.15) is 4.37 Å². The number of aryl methyl sites for hydroxylation is 1. The van der Waals surface area contributed by atoms with Crippen LogP contribution in [0.4, 0.5) is 5.13 Å². The van der Waals surface area contributed by atoms with Crippen molar-refractivity contribution in [2.75, 3.05) is 50.9 Å². The van der Waals surface area contributed by atoms with E-state index >= 15 is 0 Å². The number of aliphatic hydroxyl groups excluding tert-OH is 1. The Balaban J connectivity index is 1.80. The highest BCUT2D eigenvalue weighted by Crippen LogP contribution is 2.28. The smallest absolute Gasteiger partial charge is 0.205 e. The normalized spacial score (nSPS) is 29.3. The first-order valence-corrected chi connectivity index (χ1v) is 7.00. The van der Waals surface area contributed by atoms with E-state index < -0.39 is 0 Å². The summed E-state index contributed by atoms with van der Waals surface area (Å²) in [6.07, 6.45) is 0. The van der Waals surface area contributed by atoms with Crippen LogP contribution in [-0.2, 0) is 4.74 Å². The summed E-state index contributed by atoms with van der Waals surface area (Å²) in [5.74, 6) is 0.815. The molecule has 3 rings (SSSR count). The molecule has 0 radical (unpaired) electrons. The zero-order chi connectivity index (χ0) is 12.6. The zero-order valence-corrected chi connectivity index (χ0v) is 11.3. The second-order valence-corrected chi connectivity index (χ2v) is 5.70. The van der Waals surface area contributed by atoms with Crippen molar-refractivity contribution >= 4 is 16.7 Å². The number of aromatic nitrogens is 2. The van der Waals surface area contributed by atoms with Crippen molar-refractivity contribution in [1.82, 2.24) is 14.3 Å². The van der Waals surface area contributed by atoms with E-state index in [1.54, 1.807) is 0 Å². The predicted molar refractivity (Wildman–Crippen MR) is 69.1 cm³/mol. The Morgan fingerprint density at radius 2 is 2.33 bits per heavy atom.